The highest BCUT2D eigenvalue weighted by Gasteiger charge is 2.09. The second-order valence-electron chi connectivity index (χ2n) is 4.99. The maximum absolute atomic E-state index is 11.9. The Morgan fingerprint density at radius 1 is 1.48 bits per heavy atom. The lowest BCUT2D eigenvalue weighted by Gasteiger charge is -2.09. The van der Waals surface area contributed by atoms with Crippen LogP contribution in [0, 0.1) is 0 Å². The number of anilines is 1. The molecule has 1 aromatic heterocycles. The van der Waals surface area contributed by atoms with Gasteiger partial charge in [-0.05, 0) is 23.6 Å². The van der Waals surface area contributed by atoms with Crippen molar-refractivity contribution < 1.29 is 4.79 Å². The van der Waals surface area contributed by atoms with Crippen molar-refractivity contribution in [2.75, 3.05) is 11.1 Å². The first-order valence-corrected chi connectivity index (χ1v) is 7.60. The molecule has 0 spiro atoms. The van der Waals surface area contributed by atoms with Crippen LogP contribution in [0.1, 0.15) is 25.3 Å². The second kappa shape index (κ2) is 6.62. The van der Waals surface area contributed by atoms with Crippen LogP contribution in [0.4, 0.5) is 5.69 Å². The number of aromatic nitrogens is 3. The van der Waals surface area contributed by atoms with Gasteiger partial charge in [-0.3, -0.25) is 9.36 Å². The summed E-state index contributed by atoms with van der Waals surface area (Å²) in [6.07, 6.45) is 0. The van der Waals surface area contributed by atoms with Gasteiger partial charge >= 0.3 is 5.69 Å². The molecular weight excluding hydrogens is 288 g/mol. The minimum Gasteiger partial charge on any atom is -0.325 e. The molecular formula is C14H18N4O2S. The first-order chi connectivity index (χ1) is 9.97. The van der Waals surface area contributed by atoms with E-state index in [1.807, 2.05) is 24.3 Å². The molecule has 0 saturated carbocycles. The van der Waals surface area contributed by atoms with Gasteiger partial charge in [0.2, 0.25) is 5.91 Å². The van der Waals surface area contributed by atoms with Gasteiger partial charge in [-0.2, -0.15) is 0 Å². The molecule has 2 aromatic rings. The molecule has 6 nitrogen and oxygen atoms in total. The Morgan fingerprint density at radius 2 is 2.24 bits per heavy atom. The lowest BCUT2D eigenvalue weighted by atomic mass is 10.0. The first kappa shape index (κ1) is 15.4. The van der Waals surface area contributed by atoms with Gasteiger partial charge in [0.1, 0.15) is 0 Å². The van der Waals surface area contributed by atoms with E-state index in [0.717, 1.165) is 5.69 Å². The van der Waals surface area contributed by atoms with Crippen molar-refractivity contribution in [3.05, 3.63) is 40.3 Å². The number of hydrogen-bond acceptors (Lipinski definition) is 4. The summed E-state index contributed by atoms with van der Waals surface area (Å²) in [5.41, 5.74) is 1.67. The predicted octanol–water partition coefficient (Wildman–Crippen LogP) is 1.96. The molecule has 0 aliphatic carbocycles. The minimum atomic E-state index is -0.289. The fourth-order valence-electron chi connectivity index (χ4n) is 1.76. The Kier molecular flexibility index (Phi) is 4.85. The third kappa shape index (κ3) is 3.98. The Balaban J connectivity index is 1.94. The van der Waals surface area contributed by atoms with Crippen molar-refractivity contribution in [1.29, 1.82) is 0 Å². The molecule has 0 saturated heterocycles. The third-order valence-corrected chi connectivity index (χ3v) is 4.04. The van der Waals surface area contributed by atoms with Gasteiger partial charge in [-0.1, -0.05) is 37.7 Å². The van der Waals surface area contributed by atoms with Crippen LogP contribution >= 0.6 is 11.8 Å². The summed E-state index contributed by atoms with van der Waals surface area (Å²) in [6.45, 7) is 4.21. The average Bonchev–Trinajstić information content (AvgIpc) is 2.77. The van der Waals surface area contributed by atoms with E-state index in [9.17, 15) is 9.59 Å². The monoisotopic (exact) mass is 306 g/mol. The van der Waals surface area contributed by atoms with Crippen LogP contribution in [0.3, 0.4) is 0 Å². The zero-order valence-corrected chi connectivity index (χ0v) is 13.0. The summed E-state index contributed by atoms with van der Waals surface area (Å²) in [5.74, 6) is 0.482. The van der Waals surface area contributed by atoms with Gasteiger partial charge in [0, 0.05) is 12.7 Å². The maximum Gasteiger partial charge on any atom is 0.343 e. The van der Waals surface area contributed by atoms with Crippen LogP contribution in [0.5, 0.6) is 0 Å². The van der Waals surface area contributed by atoms with E-state index in [1.54, 1.807) is 7.05 Å². The Labute approximate surface area is 127 Å². The number of thioether (sulfide) groups is 1. The van der Waals surface area contributed by atoms with Gasteiger partial charge in [0.25, 0.3) is 0 Å². The number of hydrogen-bond donors (Lipinski definition) is 2. The highest BCUT2D eigenvalue weighted by molar-refractivity contribution is 7.99. The van der Waals surface area contributed by atoms with Crippen molar-refractivity contribution in [1.82, 2.24) is 14.8 Å². The Hall–Kier alpha value is -2.02. The van der Waals surface area contributed by atoms with Crippen molar-refractivity contribution in [2.24, 2.45) is 7.05 Å². The predicted molar refractivity (Wildman–Crippen MR) is 83.7 cm³/mol. The third-order valence-electron chi connectivity index (χ3n) is 3.01. The fraction of sp³-hybridized carbons (Fsp3) is 0.357. The van der Waals surface area contributed by atoms with Crippen LogP contribution in [0.25, 0.3) is 0 Å². The molecule has 7 heteroatoms. The molecule has 0 aliphatic heterocycles. The topological polar surface area (TPSA) is 79.8 Å². The Bertz CT molecular complexity index is 690. The number of carbonyl (C=O) groups excluding carboxylic acids is 1. The molecule has 1 aromatic carbocycles. The molecule has 2 rings (SSSR count). The van der Waals surface area contributed by atoms with E-state index in [4.69, 9.17) is 0 Å². The molecule has 2 N–H and O–H groups in total. The number of carbonyl (C=O) groups is 1. The fourth-order valence-corrected chi connectivity index (χ4v) is 2.48. The second-order valence-corrected chi connectivity index (χ2v) is 5.93. The lowest BCUT2D eigenvalue weighted by Crippen LogP contribution is -2.16. The molecule has 21 heavy (non-hydrogen) atoms. The van der Waals surface area contributed by atoms with Crippen LogP contribution < -0.4 is 11.0 Å². The number of nitrogens with one attached hydrogen (secondary N) is 2. The molecule has 0 unspecified atom stereocenters. The quantitative estimate of drug-likeness (QED) is 0.828. The van der Waals surface area contributed by atoms with E-state index in [1.165, 1.54) is 21.9 Å². The summed E-state index contributed by atoms with van der Waals surface area (Å²) < 4.78 is 1.37. The Morgan fingerprint density at radius 3 is 2.86 bits per heavy atom. The average molecular weight is 306 g/mol. The summed E-state index contributed by atoms with van der Waals surface area (Å²) in [6, 6.07) is 7.79. The highest BCUT2D eigenvalue weighted by atomic mass is 32.2. The summed E-state index contributed by atoms with van der Waals surface area (Å²) in [7, 11) is 1.61. The molecule has 0 aliphatic rings. The number of benzene rings is 1. The van der Waals surface area contributed by atoms with E-state index in [-0.39, 0.29) is 17.3 Å². The van der Waals surface area contributed by atoms with E-state index in [0.29, 0.717) is 11.1 Å². The van der Waals surface area contributed by atoms with Gasteiger partial charge in [-0.15, -0.1) is 5.10 Å². The van der Waals surface area contributed by atoms with Crippen molar-refractivity contribution in [3.63, 3.8) is 0 Å². The lowest BCUT2D eigenvalue weighted by molar-refractivity contribution is -0.113. The molecule has 112 valence electrons. The minimum absolute atomic E-state index is 0.128. The van der Waals surface area contributed by atoms with Gasteiger partial charge in [0.05, 0.1) is 5.75 Å². The molecule has 1 heterocycles. The van der Waals surface area contributed by atoms with Crippen molar-refractivity contribution in [3.8, 4) is 0 Å². The number of amides is 1. The van der Waals surface area contributed by atoms with Crippen molar-refractivity contribution >= 4 is 23.4 Å². The molecule has 1 amide bonds. The van der Waals surface area contributed by atoms with Gasteiger partial charge < -0.3 is 5.32 Å². The summed E-state index contributed by atoms with van der Waals surface area (Å²) >= 11 is 1.21. The molecule has 0 atom stereocenters. The first-order valence-electron chi connectivity index (χ1n) is 6.61. The van der Waals surface area contributed by atoms with Gasteiger partial charge in [0.15, 0.2) is 5.16 Å². The number of nitrogens with zero attached hydrogens (tertiary/aromatic N) is 2. The van der Waals surface area contributed by atoms with Gasteiger partial charge in [-0.25, -0.2) is 9.89 Å². The summed E-state index contributed by atoms with van der Waals surface area (Å²) in [5, 5.41) is 9.52. The normalized spacial score (nSPS) is 10.9. The zero-order chi connectivity index (χ0) is 15.4. The number of aromatic amines is 1. The van der Waals surface area contributed by atoms with Crippen LogP contribution in [0.15, 0.2) is 34.2 Å². The summed E-state index contributed by atoms with van der Waals surface area (Å²) in [4.78, 5) is 23.1. The van der Waals surface area contributed by atoms with E-state index in [2.05, 4.69) is 29.4 Å². The number of rotatable bonds is 5. The number of H-pyrrole nitrogens is 1. The smallest absolute Gasteiger partial charge is 0.325 e. The molecule has 0 bridgehead atoms. The van der Waals surface area contributed by atoms with Crippen molar-refractivity contribution in [2.45, 2.75) is 24.9 Å². The van der Waals surface area contributed by atoms with E-state index >= 15 is 0 Å². The molecule has 0 fully saturated rings. The van der Waals surface area contributed by atoms with E-state index < -0.39 is 0 Å². The molecule has 0 radical (unpaired) electrons. The zero-order valence-electron chi connectivity index (χ0n) is 12.2. The SMILES string of the molecule is CC(C)c1cccc(NC(=O)CSc2n[nH]c(=O)n2C)c1. The largest absolute Gasteiger partial charge is 0.343 e. The van der Waals surface area contributed by atoms with Crippen LogP contribution in [-0.2, 0) is 11.8 Å². The van der Waals surface area contributed by atoms with Crippen LogP contribution in [0.2, 0.25) is 0 Å². The maximum atomic E-state index is 11.9. The van der Waals surface area contributed by atoms with Crippen LogP contribution in [-0.4, -0.2) is 26.4 Å². The standard InChI is InChI=1S/C14H18N4O2S/c1-9(2)10-5-4-6-11(7-10)15-12(19)8-21-14-17-16-13(20)18(14)3/h4-7,9H,8H2,1-3H3,(H,15,19)(H,16,20). The highest BCUT2D eigenvalue weighted by Crippen LogP contribution is 2.19.